The Hall–Kier alpha value is -0.940. The summed E-state index contributed by atoms with van der Waals surface area (Å²) in [6.45, 7) is 8.27. The lowest BCUT2D eigenvalue weighted by molar-refractivity contribution is 0.0441. The van der Waals surface area contributed by atoms with E-state index in [0.29, 0.717) is 5.92 Å². The van der Waals surface area contributed by atoms with E-state index in [1.165, 1.54) is 12.8 Å². The van der Waals surface area contributed by atoms with Crippen LogP contribution in [0.4, 0.5) is 0 Å². The van der Waals surface area contributed by atoms with Crippen LogP contribution in [0.5, 0.6) is 0 Å². The van der Waals surface area contributed by atoms with Gasteiger partial charge in [0.2, 0.25) is 0 Å². The zero-order chi connectivity index (χ0) is 12.8. The largest absolute Gasteiger partial charge is 0.323 e. The number of rotatable bonds is 5. The van der Waals surface area contributed by atoms with Crippen LogP contribution in [0.2, 0.25) is 0 Å². The van der Waals surface area contributed by atoms with E-state index in [1.54, 1.807) is 6.33 Å². The third kappa shape index (κ3) is 2.29. The highest BCUT2D eigenvalue weighted by atomic mass is 15.4. The summed E-state index contributed by atoms with van der Waals surface area (Å²) in [5.74, 6) is 2.45. The van der Waals surface area contributed by atoms with Crippen molar-refractivity contribution in [3.05, 3.63) is 12.2 Å². The third-order valence-corrected chi connectivity index (χ3v) is 4.03. The predicted molar refractivity (Wildman–Crippen MR) is 69.8 cm³/mol. The van der Waals surface area contributed by atoms with Crippen molar-refractivity contribution in [3.8, 4) is 0 Å². The molecule has 0 aromatic carbocycles. The van der Waals surface area contributed by atoms with Gasteiger partial charge in [-0.15, -0.1) is 0 Å². The van der Waals surface area contributed by atoms with Crippen LogP contribution in [0.3, 0.4) is 0 Å². The molecule has 1 aliphatic carbocycles. The van der Waals surface area contributed by atoms with Crippen molar-refractivity contribution in [1.29, 1.82) is 0 Å². The molecule has 0 amide bonds. The van der Waals surface area contributed by atoms with Gasteiger partial charge in [-0.3, -0.25) is 4.90 Å². The summed E-state index contributed by atoms with van der Waals surface area (Å²) in [4.78, 5) is 6.76. The number of likely N-dealkylation sites (tertiary alicyclic amines) is 1. The Balaban J connectivity index is 1.56. The molecule has 0 unspecified atom stereocenters. The minimum Gasteiger partial charge on any atom is -0.323 e. The highest BCUT2D eigenvalue weighted by Crippen LogP contribution is 2.43. The summed E-state index contributed by atoms with van der Waals surface area (Å²) in [7, 11) is 0. The molecule has 3 rings (SSSR count). The Morgan fingerprint density at radius 2 is 2.17 bits per heavy atom. The summed E-state index contributed by atoms with van der Waals surface area (Å²) >= 11 is 0. The average Bonchev–Trinajstić information content (AvgIpc) is 3.01. The molecule has 2 fully saturated rings. The second-order valence-corrected chi connectivity index (χ2v) is 6.40. The molecule has 0 radical (unpaired) electrons. The minimum atomic E-state index is 0.100. The van der Waals surface area contributed by atoms with E-state index in [9.17, 15) is 0 Å². The van der Waals surface area contributed by atoms with Crippen LogP contribution >= 0.6 is 0 Å². The van der Waals surface area contributed by atoms with Crippen molar-refractivity contribution in [1.82, 2.24) is 19.7 Å². The first-order valence-corrected chi connectivity index (χ1v) is 6.95. The van der Waals surface area contributed by atoms with Crippen molar-refractivity contribution in [2.24, 2.45) is 17.6 Å². The van der Waals surface area contributed by atoms with Crippen LogP contribution in [-0.4, -0.2) is 38.3 Å². The van der Waals surface area contributed by atoms with Crippen LogP contribution in [0.15, 0.2) is 6.33 Å². The van der Waals surface area contributed by atoms with Gasteiger partial charge in [-0.2, -0.15) is 5.10 Å². The first-order valence-electron chi connectivity index (χ1n) is 6.95. The second-order valence-electron chi connectivity index (χ2n) is 6.40. The molecule has 18 heavy (non-hydrogen) atoms. The SMILES string of the molecule is CC(C)Cn1ncnc1CN1CC(N)(C2CC2)C1. The van der Waals surface area contributed by atoms with E-state index in [1.807, 2.05) is 4.68 Å². The molecule has 1 saturated carbocycles. The van der Waals surface area contributed by atoms with Crippen molar-refractivity contribution >= 4 is 0 Å². The fourth-order valence-electron chi connectivity index (χ4n) is 2.92. The van der Waals surface area contributed by atoms with Gasteiger partial charge in [-0.25, -0.2) is 9.67 Å². The fraction of sp³-hybridized carbons (Fsp3) is 0.846. The fourth-order valence-corrected chi connectivity index (χ4v) is 2.92. The molecule has 5 nitrogen and oxygen atoms in total. The van der Waals surface area contributed by atoms with Crippen LogP contribution in [0.1, 0.15) is 32.5 Å². The van der Waals surface area contributed by atoms with Gasteiger partial charge < -0.3 is 5.73 Å². The number of nitrogens with two attached hydrogens (primary N) is 1. The molecular formula is C13H23N5. The average molecular weight is 249 g/mol. The van der Waals surface area contributed by atoms with Crippen molar-refractivity contribution in [2.75, 3.05) is 13.1 Å². The molecule has 2 aliphatic rings. The van der Waals surface area contributed by atoms with Crippen molar-refractivity contribution in [2.45, 2.75) is 45.3 Å². The smallest absolute Gasteiger partial charge is 0.141 e. The zero-order valence-electron chi connectivity index (χ0n) is 11.3. The Morgan fingerprint density at radius 3 is 2.78 bits per heavy atom. The molecule has 1 aliphatic heterocycles. The Bertz CT molecular complexity index is 415. The monoisotopic (exact) mass is 249 g/mol. The molecule has 0 atom stereocenters. The minimum absolute atomic E-state index is 0.100. The van der Waals surface area contributed by atoms with E-state index in [-0.39, 0.29) is 5.54 Å². The van der Waals surface area contributed by atoms with E-state index in [0.717, 1.165) is 37.9 Å². The molecule has 2 N–H and O–H groups in total. The molecule has 1 aromatic heterocycles. The molecule has 0 spiro atoms. The Morgan fingerprint density at radius 1 is 1.44 bits per heavy atom. The number of nitrogens with zero attached hydrogens (tertiary/aromatic N) is 4. The van der Waals surface area contributed by atoms with Gasteiger partial charge in [0.05, 0.1) is 6.54 Å². The lowest BCUT2D eigenvalue weighted by Gasteiger charge is -2.48. The normalized spacial score (nSPS) is 23.3. The predicted octanol–water partition coefficient (Wildman–Crippen LogP) is 0.857. The van der Waals surface area contributed by atoms with E-state index in [2.05, 4.69) is 28.8 Å². The van der Waals surface area contributed by atoms with Crippen LogP contribution in [0.25, 0.3) is 0 Å². The van der Waals surface area contributed by atoms with Crippen molar-refractivity contribution in [3.63, 3.8) is 0 Å². The maximum absolute atomic E-state index is 6.36. The lowest BCUT2D eigenvalue weighted by atomic mass is 9.86. The van der Waals surface area contributed by atoms with Gasteiger partial charge in [-0.1, -0.05) is 13.8 Å². The van der Waals surface area contributed by atoms with Gasteiger partial charge in [0.15, 0.2) is 0 Å². The summed E-state index contributed by atoms with van der Waals surface area (Å²) in [5.41, 5.74) is 6.46. The maximum atomic E-state index is 6.36. The highest BCUT2D eigenvalue weighted by Gasteiger charge is 2.50. The summed E-state index contributed by atoms with van der Waals surface area (Å²) in [6.07, 6.45) is 4.32. The Kier molecular flexibility index (Phi) is 2.90. The summed E-state index contributed by atoms with van der Waals surface area (Å²) in [6, 6.07) is 0. The first-order chi connectivity index (χ1) is 8.57. The van der Waals surface area contributed by atoms with Crippen molar-refractivity contribution < 1.29 is 0 Å². The van der Waals surface area contributed by atoms with Gasteiger partial charge in [0.1, 0.15) is 12.2 Å². The molecular weight excluding hydrogens is 226 g/mol. The summed E-state index contributed by atoms with van der Waals surface area (Å²) in [5, 5.41) is 4.30. The molecule has 1 aromatic rings. The standard InChI is InChI=1S/C13H23N5/c1-10(2)5-18-12(15-9-16-18)6-17-7-13(14,8-17)11-3-4-11/h9-11H,3-8,14H2,1-2H3. The van der Waals surface area contributed by atoms with Crippen LogP contribution < -0.4 is 5.73 Å². The molecule has 100 valence electrons. The first kappa shape index (κ1) is 12.1. The number of hydrogen-bond acceptors (Lipinski definition) is 4. The lowest BCUT2D eigenvalue weighted by Crippen LogP contribution is -2.68. The second kappa shape index (κ2) is 4.31. The van der Waals surface area contributed by atoms with Crippen LogP contribution in [-0.2, 0) is 13.1 Å². The quantitative estimate of drug-likeness (QED) is 0.840. The number of hydrogen-bond donors (Lipinski definition) is 1. The number of aromatic nitrogens is 3. The van der Waals surface area contributed by atoms with Gasteiger partial charge in [0.25, 0.3) is 0 Å². The molecule has 5 heteroatoms. The van der Waals surface area contributed by atoms with Gasteiger partial charge >= 0.3 is 0 Å². The van der Waals surface area contributed by atoms with E-state index in [4.69, 9.17) is 5.73 Å². The molecule has 0 bridgehead atoms. The maximum Gasteiger partial charge on any atom is 0.141 e. The molecule has 1 saturated heterocycles. The van der Waals surface area contributed by atoms with Gasteiger partial charge in [0, 0.05) is 25.2 Å². The zero-order valence-corrected chi connectivity index (χ0v) is 11.3. The highest BCUT2D eigenvalue weighted by molar-refractivity contribution is 5.09. The Labute approximate surface area is 108 Å². The van der Waals surface area contributed by atoms with Gasteiger partial charge in [-0.05, 0) is 24.7 Å². The van der Waals surface area contributed by atoms with Crippen LogP contribution in [0, 0.1) is 11.8 Å². The molecule has 2 heterocycles. The topological polar surface area (TPSA) is 60.0 Å². The third-order valence-electron chi connectivity index (χ3n) is 4.03. The van der Waals surface area contributed by atoms with E-state index < -0.39 is 0 Å². The van der Waals surface area contributed by atoms with E-state index >= 15 is 0 Å². The summed E-state index contributed by atoms with van der Waals surface area (Å²) < 4.78 is 2.03.